The first-order chi connectivity index (χ1) is 15.2. The lowest BCUT2D eigenvalue weighted by atomic mass is 9.49. The molecule has 0 unspecified atom stereocenters. The molecule has 2 amide bonds. The van der Waals surface area contributed by atoms with Gasteiger partial charge in [-0.15, -0.1) is 0 Å². The zero-order valence-corrected chi connectivity index (χ0v) is 17.7. The third-order valence-corrected chi connectivity index (χ3v) is 7.46. The van der Waals surface area contributed by atoms with E-state index in [0.29, 0.717) is 30.1 Å². The molecule has 1 heterocycles. The fourth-order valence-corrected chi connectivity index (χ4v) is 6.54. The van der Waals surface area contributed by atoms with Gasteiger partial charge in [-0.1, -0.05) is 6.07 Å². The first kappa shape index (κ1) is 21.4. The van der Waals surface area contributed by atoms with Crippen LogP contribution in [0.4, 0.5) is 13.2 Å². The van der Waals surface area contributed by atoms with Crippen LogP contribution < -0.4 is 20.1 Å². The maximum Gasteiger partial charge on any atom is 0.412 e. The molecular formula is C23H27F3N2O4. The van der Waals surface area contributed by atoms with Gasteiger partial charge in [-0.2, -0.15) is 13.2 Å². The summed E-state index contributed by atoms with van der Waals surface area (Å²) in [7, 11) is 0. The summed E-state index contributed by atoms with van der Waals surface area (Å²) in [6.07, 6.45) is 1.31. The van der Waals surface area contributed by atoms with Crippen LogP contribution in [0, 0.1) is 23.2 Å². The molecule has 4 bridgehead atoms. The average Bonchev–Trinajstić information content (AvgIpc) is 2.73. The van der Waals surface area contributed by atoms with Crippen molar-refractivity contribution in [2.45, 2.75) is 50.7 Å². The van der Waals surface area contributed by atoms with Gasteiger partial charge in [0, 0.05) is 5.41 Å². The summed E-state index contributed by atoms with van der Waals surface area (Å²) in [5, 5.41) is 4.67. The van der Waals surface area contributed by atoms with E-state index in [0.717, 1.165) is 19.3 Å². The van der Waals surface area contributed by atoms with Gasteiger partial charge in [-0.25, -0.2) is 0 Å². The molecule has 0 saturated heterocycles. The largest absolute Gasteiger partial charge is 0.486 e. The predicted octanol–water partition coefficient (Wildman–Crippen LogP) is 3.51. The Bertz CT molecular complexity index is 882. The van der Waals surface area contributed by atoms with Crippen molar-refractivity contribution in [2.24, 2.45) is 23.2 Å². The summed E-state index contributed by atoms with van der Waals surface area (Å²) in [4.78, 5) is 25.4. The molecule has 174 valence electrons. The van der Waals surface area contributed by atoms with E-state index in [9.17, 15) is 22.8 Å². The number of amides is 2. The van der Waals surface area contributed by atoms with Gasteiger partial charge in [0.1, 0.15) is 13.2 Å². The van der Waals surface area contributed by atoms with E-state index in [1.165, 1.54) is 37.5 Å². The molecule has 1 aromatic carbocycles. The summed E-state index contributed by atoms with van der Waals surface area (Å²) >= 11 is 0. The van der Waals surface area contributed by atoms with Crippen LogP contribution in [0.3, 0.4) is 0 Å². The third kappa shape index (κ3) is 4.01. The molecule has 0 spiro atoms. The van der Waals surface area contributed by atoms with Crippen LogP contribution in [-0.2, 0) is 9.59 Å². The van der Waals surface area contributed by atoms with Crippen LogP contribution in [0.5, 0.6) is 11.5 Å². The number of alkyl halides is 3. The third-order valence-electron chi connectivity index (χ3n) is 7.46. The van der Waals surface area contributed by atoms with Crippen LogP contribution in [0.2, 0.25) is 0 Å². The first-order valence-electron chi connectivity index (χ1n) is 11.3. The van der Waals surface area contributed by atoms with Gasteiger partial charge in [0.2, 0.25) is 11.8 Å². The Labute approximate surface area is 184 Å². The van der Waals surface area contributed by atoms with E-state index in [-0.39, 0.29) is 23.8 Å². The van der Waals surface area contributed by atoms with Crippen molar-refractivity contribution in [3.8, 4) is 11.5 Å². The second-order valence-electron chi connectivity index (χ2n) is 9.83. The molecule has 6 rings (SSSR count). The summed E-state index contributed by atoms with van der Waals surface area (Å²) in [6, 6.07) is 1.70. The van der Waals surface area contributed by atoms with Crippen LogP contribution >= 0.6 is 0 Å². The van der Waals surface area contributed by atoms with Gasteiger partial charge in [-0.3, -0.25) is 9.59 Å². The van der Waals surface area contributed by atoms with E-state index >= 15 is 0 Å². The van der Waals surface area contributed by atoms with E-state index in [1.54, 1.807) is 0 Å². The fraction of sp³-hybridized carbons (Fsp3) is 0.652. The lowest BCUT2D eigenvalue weighted by Crippen LogP contribution is -2.55. The fourth-order valence-electron chi connectivity index (χ4n) is 6.54. The molecule has 2 N–H and O–H groups in total. The van der Waals surface area contributed by atoms with Crippen LogP contribution in [-0.4, -0.2) is 37.7 Å². The minimum Gasteiger partial charge on any atom is -0.486 e. The zero-order chi connectivity index (χ0) is 22.5. The molecule has 1 aliphatic heterocycles. The lowest BCUT2D eigenvalue weighted by Gasteiger charge is -2.55. The molecule has 4 aliphatic carbocycles. The molecule has 4 saturated carbocycles. The van der Waals surface area contributed by atoms with Gasteiger partial charge >= 0.3 is 6.18 Å². The van der Waals surface area contributed by atoms with Crippen LogP contribution in [0.1, 0.15) is 50.1 Å². The quantitative estimate of drug-likeness (QED) is 0.717. The van der Waals surface area contributed by atoms with Crippen molar-refractivity contribution in [3.05, 3.63) is 23.8 Å². The van der Waals surface area contributed by atoms with Crippen LogP contribution in [0.15, 0.2) is 18.2 Å². The van der Waals surface area contributed by atoms with Crippen molar-refractivity contribution < 1.29 is 32.2 Å². The number of benzene rings is 1. The van der Waals surface area contributed by atoms with Gasteiger partial charge < -0.3 is 20.1 Å². The Morgan fingerprint density at radius 2 is 1.59 bits per heavy atom. The SMILES string of the molecule is O=C(CNC(=O)C12CC3CC(CC(C3)C1)C2)N[C@@H](c1ccc2c(c1)OCCO2)C(F)(F)F. The van der Waals surface area contributed by atoms with Gasteiger partial charge in [0.25, 0.3) is 0 Å². The number of carbonyl (C=O) groups excluding carboxylic acids is 2. The highest BCUT2D eigenvalue weighted by molar-refractivity contribution is 5.88. The molecule has 32 heavy (non-hydrogen) atoms. The second kappa shape index (κ2) is 7.85. The number of hydrogen-bond acceptors (Lipinski definition) is 4. The Morgan fingerprint density at radius 3 is 2.19 bits per heavy atom. The highest BCUT2D eigenvalue weighted by Crippen LogP contribution is 2.60. The highest BCUT2D eigenvalue weighted by atomic mass is 19.4. The van der Waals surface area contributed by atoms with Gasteiger partial charge in [-0.05, 0) is 74.0 Å². The van der Waals surface area contributed by atoms with E-state index in [4.69, 9.17) is 9.47 Å². The van der Waals surface area contributed by atoms with E-state index in [1.807, 2.05) is 5.32 Å². The number of fused-ring (bicyclic) bond motifs is 1. The molecule has 4 fully saturated rings. The highest BCUT2D eigenvalue weighted by Gasteiger charge is 2.54. The monoisotopic (exact) mass is 452 g/mol. The standard InChI is InChI=1S/C23H27F3N2O4/c24-23(25,26)20(16-1-2-17-18(8-16)32-4-3-31-17)28-19(29)12-27-21(30)22-9-13-5-14(10-22)7-15(6-13)11-22/h1-2,8,13-15,20H,3-7,9-12H2,(H,27,30)(H,28,29)/t13?,14?,15?,20-,22?/m0/s1. The Kier molecular flexibility index (Phi) is 5.25. The summed E-state index contributed by atoms with van der Waals surface area (Å²) in [5.41, 5.74) is -0.601. The summed E-state index contributed by atoms with van der Waals surface area (Å²) in [6.45, 7) is 0.1000. The molecule has 5 aliphatic rings. The molecule has 6 nitrogen and oxygen atoms in total. The Hall–Kier alpha value is -2.45. The van der Waals surface area contributed by atoms with Crippen molar-refractivity contribution in [2.75, 3.05) is 19.8 Å². The Morgan fingerprint density at radius 1 is 1.00 bits per heavy atom. The minimum atomic E-state index is -4.71. The summed E-state index contributed by atoms with van der Waals surface area (Å²) in [5.74, 6) is 1.21. The lowest BCUT2D eigenvalue weighted by molar-refractivity contribution is -0.163. The number of rotatable bonds is 5. The first-order valence-corrected chi connectivity index (χ1v) is 11.3. The van der Waals surface area contributed by atoms with Crippen molar-refractivity contribution in [1.29, 1.82) is 0 Å². The number of halogens is 3. The number of carbonyl (C=O) groups is 2. The number of nitrogens with one attached hydrogen (secondary N) is 2. The van der Waals surface area contributed by atoms with Crippen molar-refractivity contribution in [3.63, 3.8) is 0 Å². The van der Waals surface area contributed by atoms with Gasteiger partial charge in [0.15, 0.2) is 17.5 Å². The molecule has 0 aromatic heterocycles. The molecule has 1 atom stereocenters. The maximum atomic E-state index is 13.7. The molecule has 1 aromatic rings. The van der Waals surface area contributed by atoms with Crippen molar-refractivity contribution in [1.82, 2.24) is 10.6 Å². The minimum absolute atomic E-state index is 0.150. The maximum absolute atomic E-state index is 13.7. The molecular weight excluding hydrogens is 425 g/mol. The van der Waals surface area contributed by atoms with Gasteiger partial charge in [0.05, 0.1) is 6.54 Å². The number of hydrogen-bond donors (Lipinski definition) is 2. The zero-order valence-electron chi connectivity index (χ0n) is 17.7. The van der Waals surface area contributed by atoms with E-state index < -0.39 is 30.1 Å². The smallest absolute Gasteiger partial charge is 0.412 e. The van der Waals surface area contributed by atoms with E-state index in [2.05, 4.69) is 5.32 Å². The average molecular weight is 452 g/mol. The second-order valence-corrected chi connectivity index (χ2v) is 9.83. The molecule has 9 heteroatoms. The Balaban J connectivity index is 1.23. The normalized spacial score (nSPS) is 31.2. The predicted molar refractivity (Wildman–Crippen MR) is 108 cm³/mol. The van der Waals surface area contributed by atoms with Crippen LogP contribution in [0.25, 0.3) is 0 Å². The number of ether oxygens (including phenoxy) is 2. The summed E-state index contributed by atoms with van der Waals surface area (Å²) < 4.78 is 51.9. The molecule has 0 radical (unpaired) electrons. The van der Waals surface area contributed by atoms with Crippen molar-refractivity contribution >= 4 is 11.8 Å². The topological polar surface area (TPSA) is 76.7 Å².